The van der Waals surface area contributed by atoms with E-state index in [4.69, 9.17) is 26.9 Å². The molecule has 6 nitrogen and oxygen atoms in total. The van der Waals surface area contributed by atoms with Crippen molar-refractivity contribution in [3.63, 3.8) is 0 Å². The van der Waals surface area contributed by atoms with Crippen LogP contribution < -0.4 is 15.8 Å². The standard InChI is InChI=1S/C18H20ClN3O3/c1-12(15-8-3-4-9-16(15)24-2)21-17(23)11-25-22-18(20)13-6-5-7-14(19)10-13/h3-10,12H,11H2,1-2H3,(H2,20,22)(H,21,23). The second kappa shape index (κ2) is 8.94. The van der Waals surface area contributed by atoms with Crippen LogP contribution in [0.5, 0.6) is 5.75 Å². The zero-order chi connectivity index (χ0) is 18.2. The van der Waals surface area contributed by atoms with Gasteiger partial charge in [0.25, 0.3) is 5.91 Å². The molecule has 0 radical (unpaired) electrons. The smallest absolute Gasteiger partial charge is 0.261 e. The van der Waals surface area contributed by atoms with Gasteiger partial charge in [-0.25, -0.2) is 0 Å². The van der Waals surface area contributed by atoms with Gasteiger partial charge in [-0.3, -0.25) is 4.79 Å². The topological polar surface area (TPSA) is 85.9 Å². The van der Waals surface area contributed by atoms with E-state index in [0.29, 0.717) is 16.3 Å². The number of ether oxygens (including phenoxy) is 1. The first-order valence-electron chi connectivity index (χ1n) is 7.65. The van der Waals surface area contributed by atoms with E-state index in [-0.39, 0.29) is 24.4 Å². The molecule has 0 saturated heterocycles. The minimum absolute atomic E-state index is 0.146. The van der Waals surface area contributed by atoms with Crippen molar-refractivity contribution in [2.75, 3.05) is 13.7 Å². The Bertz CT molecular complexity index is 765. The van der Waals surface area contributed by atoms with E-state index in [0.717, 1.165) is 5.56 Å². The fourth-order valence-electron chi connectivity index (χ4n) is 2.25. The van der Waals surface area contributed by atoms with Crippen LogP contribution in [0.3, 0.4) is 0 Å². The maximum atomic E-state index is 12.0. The van der Waals surface area contributed by atoms with E-state index < -0.39 is 0 Å². The average molecular weight is 362 g/mol. The molecule has 7 heteroatoms. The molecule has 0 bridgehead atoms. The highest BCUT2D eigenvalue weighted by Crippen LogP contribution is 2.24. The third kappa shape index (κ3) is 5.39. The lowest BCUT2D eigenvalue weighted by molar-refractivity contribution is -0.126. The second-order valence-electron chi connectivity index (χ2n) is 5.29. The van der Waals surface area contributed by atoms with Crippen LogP contribution in [0, 0.1) is 0 Å². The molecule has 0 saturated carbocycles. The van der Waals surface area contributed by atoms with Crippen LogP contribution in [0.4, 0.5) is 0 Å². The fourth-order valence-corrected chi connectivity index (χ4v) is 2.44. The number of carbonyl (C=O) groups is 1. The third-order valence-electron chi connectivity index (χ3n) is 3.46. The molecule has 1 unspecified atom stereocenters. The van der Waals surface area contributed by atoms with Crippen molar-refractivity contribution in [1.82, 2.24) is 5.32 Å². The van der Waals surface area contributed by atoms with E-state index in [2.05, 4.69) is 10.5 Å². The number of nitrogens with two attached hydrogens (primary N) is 1. The molecule has 0 aliphatic carbocycles. The largest absolute Gasteiger partial charge is 0.496 e. The van der Waals surface area contributed by atoms with Gasteiger partial charge in [0, 0.05) is 16.1 Å². The molecule has 1 amide bonds. The third-order valence-corrected chi connectivity index (χ3v) is 3.70. The van der Waals surface area contributed by atoms with E-state index in [9.17, 15) is 4.79 Å². The Balaban J connectivity index is 1.89. The van der Waals surface area contributed by atoms with Crippen LogP contribution >= 0.6 is 11.6 Å². The van der Waals surface area contributed by atoms with Crippen LogP contribution in [-0.2, 0) is 9.63 Å². The zero-order valence-electron chi connectivity index (χ0n) is 14.0. The molecule has 3 N–H and O–H groups in total. The second-order valence-corrected chi connectivity index (χ2v) is 5.73. The number of para-hydroxylation sites is 1. The van der Waals surface area contributed by atoms with Gasteiger partial charge in [-0.15, -0.1) is 0 Å². The van der Waals surface area contributed by atoms with Gasteiger partial charge < -0.3 is 20.6 Å². The maximum Gasteiger partial charge on any atom is 0.261 e. The summed E-state index contributed by atoms with van der Waals surface area (Å²) in [5.41, 5.74) is 7.29. The number of benzene rings is 2. The van der Waals surface area contributed by atoms with Crippen molar-refractivity contribution in [1.29, 1.82) is 0 Å². The number of nitrogens with zero attached hydrogens (tertiary/aromatic N) is 1. The number of halogens is 1. The predicted octanol–water partition coefficient (Wildman–Crippen LogP) is 2.86. The monoisotopic (exact) mass is 361 g/mol. The summed E-state index contributed by atoms with van der Waals surface area (Å²) in [5, 5.41) is 7.10. The molecule has 1 atom stereocenters. The minimum Gasteiger partial charge on any atom is -0.496 e. The van der Waals surface area contributed by atoms with Gasteiger partial charge >= 0.3 is 0 Å². The average Bonchev–Trinajstić information content (AvgIpc) is 2.61. The van der Waals surface area contributed by atoms with Crippen LogP contribution in [0.1, 0.15) is 24.1 Å². The van der Waals surface area contributed by atoms with Gasteiger partial charge in [0.15, 0.2) is 12.4 Å². The fraction of sp³-hybridized carbons (Fsp3) is 0.222. The summed E-state index contributed by atoms with van der Waals surface area (Å²) < 4.78 is 5.29. The summed E-state index contributed by atoms with van der Waals surface area (Å²) in [6, 6.07) is 14.1. The number of oxime groups is 1. The molecular formula is C18H20ClN3O3. The van der Waals surface area contributed by atoms with E-state index >= 15 is 0 Å². The van der Waals surface area contributed by atoms with Gasteiger partial charge in [-0.2, -0.15) is 0 Å². The molecule has 2 aromatic carbocycles. The first-order chi connectivity index (χ1) is 12.0. The lowest BCUT2D eigenvalue weighted by Crippen LogP contribution is -2.30. The van der Waals surface area contributed by atoms with Crippen LogP contribution in [0.2, 0.25) is 5.02 Å². The Labute approximate surface area is 151 Å². The molecule has 0 aliphatic rings. The quantitative estimate of drug-likeness (QED) is 0.451. The molecular weight excluding hydrogens is 342 g/mol. The Morgan fingerprint density at radius 1 is 1.28 bits per heavy atom. The summed E-state index contributed by atoms with van der Waals surface area (Å²) >= 11 is 5.89. The van der Waals surface area contributed by atoms with Gasteiger partial charge in [-0.05, 0) is 25.1 Å². The van der Waals surface area contributed by atoms with E-state index in [1.807, 2.05) is 31.2 Å². The minimum atomic E-state index is -0.318. The Morgan fingerprint density at radius 3 is 2.76 bits per heavy atom. The Morgan fingerprint density at radius 2 is 2.04 bits per heavy atom. The number of methoxy groups -OCH3 is 1. The Kier molecular flexibility index (Phi) is 6.65. The Hall–Kier alpha value is -2.73. The number of rotatable bonds is 7. The predicted molar refractivity (Wildman–Crippen MR) is 97.7 cm³/mol. The highest BCUT2D eigenvalue weighted by molar-refractivity contribution is 6.31. The summed E-state index contributed by atoms with van der Waals surface area (Å²) in [7, 11) is 1.59. The summed E-state index contributed by atoms with van der Waals surface area (Å²) in [6.45, 7) is 1.61. The highest BCUT2D eigenvalue weighted by atomic mass is 35.5. The zero-order valence-corrected chi connectivity index (χ0v) is 14.8. The number of carbonyl (C=O) groups excluding carboxylic acids is 1. The maximum absolute atomic E-state index is 12.0. The summed E-state index contributed by atoms with van der Waals surface area (Å²) in [5.74, 6) is 0.536. The van der Waals surface area contributed by atoms with Crippen molar-refractivity contribution in [2.24, 2.45) is 10.9 Å². The molecule has 25 heavy (non-hydrogen) atoms. The number of amides is 1. The van der Waals surface area contributed by atoms with E-state index in [1.165, 1.54) is 0 Å². The molecule has 132 valence electrons. The van der Waals surface area contributed by atoms with Crippen LogP contribution in [0.15, 0.2) is 53.7 Å². The number of nitrogens with one attached hydrogen (secondary N) is 1. The van der Waals surface area contributed by atoms with Crippen LogP contribution in [-0.4, -0.2) is 25.5 Å². The van der Waals surface area contributed by atoms with Crippen molar-refractivity contribution in [3.05, 3.63) is 64.7 Å². The van der Waals surface area contributed by atoms with Crippen LogP contribution in [0.25, 0.3) is 0 Å². The molecule has 0 fully saturated rings. The van der Waals surface area contributed by atoms with Crippen molar-refractivity contribution < 1.29 is 14.4 Å². The van der Waals surface area contributed by atoms with Gasteiger partial charge in [-0.1, -0.05) is 47.1 Å². The van der Waals surface area contributed by atoms with E-state index in [1.54, 1.807) is 31.4 Å². The van der Waals surface area contributed by atoms with Crippen molar-refractivity contribution >= 4 is 23.3 Å². The highest BCUT2D eigenvalue weighted by Gasteiger charge is 2.13. The molecule has 0 aliphatic heterocycles. The van der Waals surface area contributed by atoms with Crippen molar-refractivity contribution in [2.45, 2.75) is 13.0 Å². The number of amidine groups is 1. The lowest BCUT2D eigenvalue weighted by Gasteiger charge is -2.16. The molecule has 0 heterocycles. The SMILES string of the molecule is COc1ccccc1C(C)NC(=O)CO/N=C(\N)c1cccc(Cl)c1. The molecule has 2 aromatic rings. The van der Waals surface area contributed by atoms with Gasteiger partial charge in [0.1, 0.15) is 5.75 Å². The summed E-state index contributed by atoms with van der Waals surface area (Å²) in [6.07, 6.45) is 0. The molecule has 0 aromatic heterocycles. The molecule has 0 spiro atoms. The lowest BCUT2D eigenvalue weighted by atomic mass is 10.1. The number of hydrogen-bond donors (Lipinski definition) is 2. The summed E-state index contributed by atoms with van der Waals surface area (Å²) in [4.78, 5) is 17.0. The molecule has 2 rings (SSSR count). The van der Waals surface area contributed by atoms with Gasteiger partial charge in [0.05, 0.1) is 13.2 Å². The normalized spacial score (nSPS) is 12.4. The number of hydrogen-bond acceptors (Lipinski definition) is 4. The van der Waals surface area contributed by atoms with Gasteiger partial charge in [0.2, 0.25) is 0 Å². The first-order valence-corrected chi connectivity index (χ1v) is 8.02. The first kappa shape index (κ1) is 18.6. The van der Waals surface area contributed by atoms with Crippen molar-refractivity contribution in [3.8, 4) is 5.75 Å².